The van der Waals surface area contributed by atoms with E-state index in [1.165, 1.54) is 14.1 Å². The van der Waals surface area contributed by atoms with Gasteiger partial charge < -0.3 is 0 Å². The summed E-state index contributed by atoms with van der Waals surface area (Å²) in [7, 11) is -0.479. The van der Waals surface area contributed by atoms with E-state index in [-0.39, 0.29) is 12.4 Å². The lowest BCUT2D eigenvalue weighted by molar-refractivity contribution is 0.580. The van der Waals surface area contributed by atoms with Gasteiger partial charge in [0.2, 0.25) is 0 Å². The minimum atomic E-state index is -3.16. The molecule has 8 heavy (non-hydrogen) atoms. The number of hydrogen-bond donors (Lipinski definition) is 2. The average Bonchev–Trinajstić information content (AvgIpc) is 1.68. The third-order valence-corrected chi connectivity index (χ3v) is 1.61. The summed E-state index contributed by atoms with van der Waals surface area (Å²) in [6.45, 7) is 0. The molecular formula is C2H9ClN2O2S. The monoisotopic (exact) mass is 160 g/mol. The van der Waals surface area contributed by atoms with Crippen LogP contribution in [0.5, 0.6) is 0 Å². The first-order chi connectivity index (χ1) is 3.12. The lowest BCUT2D eigenvalue weighted by atomic mass is 11.6. The van der Waals surface area contributed by atoms with E-state index >= 15 is 0 Å². The van der Waals surface area contributed by atoms with Gasteiger partial charge in [0.05, 0.1) is 0 Å². The average molecular weight is 161 g/mol. The summed E-state index contributed by atoms with van der Waals surface area (Å²) in [5.41, 5.74) is 0. The van der Waals surface area contributed by atoms with Crippen LogP contribution < -0.4 is 9.44 Å². The van der Waals surface area contributed by atoms with Crippen LogP contribution in [0, 0.1) is 0 Å². The molecule has 0 aliphatic carbocycles. The van der Waals surface area contributed by atoms with E-state index in [1.807, 2.05) is 0 Å². The largest absolute Gasteiger partial charge is 0.276 e. The third-order valence-electron chi connectivity index (χ3n) is 0.537. The molecule has 0 spiro atoms. The zero-order valence-corrected chi connectivity index (χ0v) is 6.27. The summed E-state index contributed by atoms with van der Waals surface area (Å²) in [5.74, 6) is 0. The van der Waals surface area contributed by atoms with E-state index < -0.39 is 10.2 Å². The van der Waals surface area contributed by atoms with Crippen molar-refractivity contribution in [2.24, 2.45) is 0 Å². The van der Waals surface area contributed by atoms with Crippen molar-refractivity contribution in [2.75, 3.05) is 14.1 Å². The third kappa shape index (κ3) is 4.32. The molecule has 52 valence electrons. The van der Waals surface area contributed by atoms with Crippen LogP contribution in [0.25, 0.3) is 0 Å². The molecule has 0 aromatic carbocycles. The first-order valence-electron chi connectivity index (χ1n) is 1.74. The molecule has 0 unspecified atom stereocenters. The molecule has 0 aromatic heterocycles. The standard InChI is InChI=1S/C2H8N2O2S.ClH/c1-3-7(5,6)4-2;/h3-4H,1-2H3;1H. The highest BCUT2D eigenvalue weighted by Crippen LogP contribution is 1.63. The fourth-order valence-electron chi connectivity index (χ4n) is 0.102. The zero-order chi connectivity index (χ0) is 5.91. The summed E-state index contributed by atoms with van der Waals surface area (Å²) in [4.78, 5) is 0. The maximum atomic E-state index is 10.1. The number of hydrogen-bond acceptors (Lipinski definition) is 2. The quantitative estimate of drug-likeness (QED) is 0.550. The van der Waals surface area contributed by atoms with Crippen LogP contribution in [-0.4, -0.2) is 22.5 Å². The molecular weight excluding hydrogens is 152 g/mol. The summed E-state index contributed by atoms with van der Waals surface area (Å²) >= 11 is 0. The van der Waals surface area contributed by atoms with E-state index in [9.17, 15) is 8.42 Å². The summed E-state index contributed by atoms with van der Waals surface area (Å²) in [6.07, 6.45) is 0. The Balaban J connectivity index is 0. The second kappa shape index (κ2) is 4.08. The van der Waals surface area contributed by atoms with Crippen LogP contribution in [0.4, 0.5) is 0 Å². The Kier molecular flexibility index (Phi) is 5.62. The van der Waals surface area contributed by atoms with Gasteiger partial charge in [0.25, 0.3) is 10.2 Å². The van der Waals surface area contributed by atoms with E-state index in [0.717, 1.165) is 0 Å². The molecule has 0 aromatic rings. The molecule has 0 aliphatic heterocycles. The van der Waals surface area contributed by atoms with Crippen LogP contribution in [0.3, 0.4) is 0 Å². The van der Waals surface area contributed by atoms with Crippen molar-refractivity contribution in [2.45, 2.75) is 0 Å². The molecule has 0 rings (SSSR count). The van der Waals surface area contributed by atoms with Crippen molar-refractivity contribution in [1.29, 1.82) is 0 Å². The van der Waals surface area contributed by atoms with Gasteiger partial charge in [-0.15, -0.1) is 12.4 Å². The smallest absolute Gasteiger partial charge is 0.205 e. The Morgan fingerprint density at radius 2 is 1.38 bits per heavy atom. The lowest BCUT2D eigenvalue weighted by Crippen LogP contribution is -2.30. The van der Waals surface area contributed by atoms with E-state index in [0.29, 0.717) is 0 Å². The molecule has 0 amide bonds. The molecule has 0 atom stereocenters. The normalized spacial score (nSPS) is 10.2. The first-order valence-corrected chi connectivity index (χ1v) is 3.22. The van der Waals surface area contributed by atoms with Crippen LogP contribution in [0.1, 0.15) is 0 Å². The fourth-order valence-corrected chi connectivity index (χ4v) is 0.306. The van der Waals surface area contributed by atoms with Gasteiger partial charge in [-0.25, -0.2) is 9.44 Å². The van der Waals surface area contributed by atoms with Gasteiger partial charge in [-0.1, -0.05) is 0 Å². The van der Waals surface area contributed by atoms with Crippen molar-refractivity contribution < 1.29 is 8.42 Å². The van der Waals surface area contributed by atoms with Gasteiger partial charge in [-0.05, 0) is 0 Å². The molecule has 0 fully saturated rings. The van der Waals surface area contributed by atoms with Crippen molar-refractivity contribution in [1.82, 2.24) is 9.44 Å². The van der Waals surface area contributed by atoms with Crippen molar-refractivity contribution in [3.05, 3.63) is 0 Å². The summed E-state index contributed by atoms with van der Waals surface area (Å²) < 4.78 is 24.4. The van der Waals surface area contributed by atoms with Gasteiger partial charge in [-0.3, -0.25) is 0 Å². The fraction of sp³-hybridized carbons (Fsp3) is 1.00. The Hall–Kier alpha value is 0.160. The second-order valence-corrected chi connectivity index (χ2v) is 2.74. The van der Waals surface area contributed by atoms with E-state index in [1.54, 1.807) is 0 Å². The molecule has 0 aliphatic rings. The highest BCUT2D eigenvalue weighted by atomic mass is 35.5. The zero-order valence-electron chi connectivity index (χ0n) is 4.63. The van der Waals surface area contributed by atoms with Gasteiger partial charge in [0, 0.05) is 14.1 Å². The Labute approximate surface area is 55.3 Å². The van der Waals surface area contributed by atoms with Gasteiger partial charge in [-0.2, -0.15) is 8.42 Å². The number of rotatable bonds is 2. The maximum absolute atomic E-state index is 10.1. The van der Waals surface area contributed by atoms with Gasteiger partial charge in [0.1, 0.15) is 0 Å². The Morgan fingerprint density at radius 3 is 1.38 bits per heavy atom. The minimum Gasteiger partial charge on any atom is -0.205 e. The number of halogens is 1. The van der Waals surface area contributed by atoms with Gasteiger partial charge >= 0.3 is 0 Å². The van der Waals surface area contributed by atoms with Crippen molar-refractivity contribution in [3.63, 3.8) is 0 Å². The molecule has 2 N–H and O–H groups in total. The molecule has 0 heterocycles. The van der Waals surface area contributed by atoms with E-state index in [4.69, 9.17) is 0 Å². The maximum Gasteiger partial charge on any atom is 0.276 e. The highest BCUT2D eigenvalue weighted by molar-refractivity contribution is 7.87. The van der Waals surface area contributed by atoms with Crippen LogP contribution in [0.15, 0.2) is 0 Å². The molecule has 0 saturated heterocycles. The molecule has 0 bridgehead atoms. The van der Waals surface area contributed by atoms with Crippen LogP contribution >= 0.6 is 12.4 Å². The minimum absolute atomic E-state index is 0. The molecule has 6 heteroatoms. The highest BCUT2D eigenvalue weighted by Gasteiger charge is 1.96. The van der Waals surface area contributed by atoms with Gasteiger partial charge in [0.15, 0.2) is 0 Å². The summed E-state index contributed by atoms with van der Waals surface area (Å²) in [6, 6.07) is 0. The topological polar surface area (TPSA) is 58.2 Å². The first kappa shape index (κ1) is 11.0. The molecule has 0 saturated carbocycles. The lowest BCUT2D eigenvalue weighted by Gasteiger charge is -1.94. The summed E-state index contributed by atoms with van der Waals surface area (Å²) in [5, 5.41) is 0. The molecule has 4 nitrogen and oxygen atoms in total. The van der Waals surface area contributed by atoms with E-state index in [2.05, 4.69) is 9.44 Å². The second-order valence-electron chi connectivity index (χ2n) is 0.912. The number of nitrogens with one attached hydrogen (secondary N) is 2. The van der Waals surface area contributed by atoms with Crippen molar-refractivity contribution >= 4 is 22.6 Å². The SMILES string of the molecule is CNS(=O)(=O)NC.Cl. The van der Waals surface area contributed by atoms with Crippen LogP contribution in [-0.2, 0) is 10.2 Å². The Morgan fingerprint density at radius 1 is 1.12 bits per heavy atom. The molecule has 0 radical (unpaired) electrons. The Bertz CT molecular complexity index is 121. The predicted molar refractivity (Wildman–Crippen MR) is 34.3 cm³/mol. The van der Waals surface area contributed by atoms with Crippen LogP contribution in [0.2, 0.25) is 0 Å². The van der Waals surface area contributed by atoms with Crippen molar-refractivity contribution in [3.8, 4) is 0 Å². The predicted octanol–water partition coefficient (Wildman–Crippen LogP) is -0.908.